The molecule has 2 rings (SSSR count). The van der Waals surface area contributed by atoms with Crippen LogP contribution in [0.4, 0.5) is 0 Å². The van der Waals surface area contributed by atoms with Gasteiger partial charge in [-0.3, -0.25) is 9.89 Å². The van der Waals surface area contributed by atoms with Gasteiger partial charge in [0.2, 0.25) is 5.91 Å². The summed E-state index contributed by atoms with van der Waals surface area (Å²) >= 11 is 0. The molecule has 4 heteroatoms. The highest BCUT2D eigenvalue weighted by atomic mass is 16.1. The Balaban J connectivity index is 2.00. The highest BCUT2D eigenvalue weighted by Gasteiger charge is 2.17. The lowest BCUT2D eigenvalue weighted by molar-refractivity contribution is -0.122. The molecule has 0 saturated carbocycles. The Hall–Kier alpha value is -2.10. The van der Waals surface area contributed by atoms with E-state index in [1.54, 1.807) is 12.4 Å². The zero-order valence-electron chi connectivity index (χ0n) is 10.6. The molecular weight excluding hydrogens is 226 g/mol. The lowest BCUT2D eigenvalue weighted by Gasteiger charge is -2.16. The first-order chi connectivity index (χ1) is 8.68. The fourth-order valence-corrected chi connectivity index (χ4v) is 1.81. The second-order valence-corrected chi connectivity index (χ2v) is 4.39. The SMILES string of the molecule is CC(NC(=O)C(C)c1ccccc1)c1cn[nH]c1. The van der Waals surface area contributed by atoms with Gasteiger partial charge in [0.05, 0.1) is 18.2 Å². The van der Waals surface area contributed by atoms with Crippen LogP contribution >= 0.6 is 0 Å². The molecule has 2 aromatic rings. The molecule has 2 atom stereocenters. The fourth-order valence-electron chi connectivity index (χ4n) is 1.81. The average Bonchev–Trinajstić information content (AvgIpc) is 2.92. The van der Waals surface area contributed by atoms with Crippen molar-refractivity contribution in [3.8, 4) is 0 Å². The molecule has 0 bridgehead atoms. The quantitative estimate of drug-likeness (QED) is 0.866. The molecule has 4 nitrogen and oxygen atoms in total. The molecule has 94 valence electrons. The zero-order valence-corrected chi connectivity index (χ0v) is 10.6. The third kappa shape index (κ3) is 2.77. The van der Waals surface area contributed by atoms with Crippen molar-refractivity contribution in [3.63, 3.8) is 0 Å². The van der Waals surface area contributed by atoms with Crippen molar-refractivity contribution < 1.29 is 4.79 Å². The van der Waals surface area contributed by atoms with Crippen molar-refractivity contribution in [2.75, 3.05) is 0 Å². The summed E-state index contributed by atoms with van der Waals surface area (Å²) in [5.41, 5.74) is 2.00. The average molecular weight is 243 g/mol. The molecule has 0 saturated heterocycles. The van der Waals surface area contributed by atoms with Crippen molar-refractivity contribution in [2.45, 2.75) is 25.8 Å². The molecule has 1 amide bonds. The second kappa shape index (κ2) is 5.49. The van der Waals surface area contributed by atoms with Crippen LogP contribution in [0.1, 0.15) is 36.9 Å². The van der Waals surface area contributed by atoms with Crippen LogP contribution in [0.15, 0.2) is 42.7 Å². The van der Waals surface area contributed by atoms with Gasteiger partial charge in [0.15, 0.2) is 0 Å². The summed E-state index contributed by atoms with van der Waals surface area (Å²) in [6.07, 6.45) is 3.51. The van der Waals surface area contributed by atoms with E-state index in [1.807, 2.05) is 44.2 Å². The van der Waals surface area contributed by atoms with Gasteiger partial charge in [-0.15, -0.1) is 0 Å². The van der Waals surface area contributed by atoms with E-state index in [0.717, 1.165) is 11.1 Å². The van der Waals surface area contributed by atoms with Crippen LogP contribution in [0.3, 0.4) is 0 Å². The lowest BCUT2D eigenvalue weighted by Crippen LogP contribution is -2.30. The number of amides is 1. The van der Waals surface area contributed by atoms with Crippen molar-refractivity contribution in [1.82, 2.24) is 15.5 Å². The van der Waals surface area contributed by atoms with Crippen LogP contribution in [0, 0.1) is 0 Å². The van der Waals surface area contributed by atoms with E-state index in [0.29, 0.717) is 0 Å². The third-order valence-electron chi connectivity index (χ3n) is 3.07. The Morgan fingerprint density at radius 1 is 1.22 bits per heavy atom. The van der Waals surface area contributed by atoms with Crippen LogP contribution in [0.25, 0.3) is 0 Å². The van der Waals surface area contributed by atoms with Crippen molar-refractivity contribution in [3.05, 3.63) is 53.9 Å². The normalized spacial score (nSPS) is 13.9. The highest BCUT2D eigenvalue weighted by Crippen LogP contribution is 2.17. The monoisotopic (exact) mass is 243 g/mol. The van der Waals surface area contributed by atoms with E-state index < -0.39 is 0 Å². The minimum absolute atomic E-state index is 0.0231. The first-order valence-electron chi connectivity index (χ1n) is 6.02. The lowest BCUT2D eigenvalue weighted by atomic mass is 10.00. The largest absolute Gasteiger partial charge is 0.349 e. The number of hydrogen-bond acceptors (Lipinski definition) is 2. The van der Waals surface area contributed by atoms with Crippen molar-refractivity contribution >= 4 is 5.91 Å². The fraction of sp³-hybridized carbons (Fsp3) is 0.286. The molecule has 2 unspecified atom stereocenters. The van der Waals surface area contributed by atoms with Crippen molar-refractivity contribution in [1.29, 1.82) is 0 Å². The molecule has 0 radical (unpaired) electrons. The van der Waals surface area contributed by atoms with Gasteiger partial charge in [-0.25, -0.2) is 0 Å². The minimum Gasteiger partial charge on any atom is -0.349 e. The molecule has 0 aliphatic carbocycles. The number of nitrogens with one attached hydrogen (secondary N) is 2. The van der Waals surface area contributed by atoms with E-state index in [-0.39, 0.29) is 17.9 Å². The summed E-state index contributed by atoms with van der Waals surface area (Å²) in [4.78, 5) is 12.1. The standard InChI is InChI=1S/C14H17N3O/c1-10(12-6-4-3-5-7-12)14(18)17-11(2)13-8-15-16-9-13/h3-11H,1-2H3,(H,15,16)(H,17,18). The number of H-pyrrole nitrogens is 1. The number of aromatic amines is 1. The molecule has 0 aliphatic heterocycles. The van der Waals surface area contributed by atoms with Crippen LogP contribution in [0.5, 0.6) is 0 Å². The maximum Gasteiger partial charge on any atom is 0.227 e. The summed E-state index contributed by atoms with van der Waals surface area (Å²) < 4.78 is 0. The Morgan fingerprint density at radius 2 is 1.94 bits per heavy atom. The number of nitrogens with zero attached hydrogens (tertiary/aromatic N) is 1. The molecular formula is C14H17N3O. The number of hydrogen-bond donors (Lipinski definition) is 2. The number of carbonyl (C=O) groups is 1. The van der Waals surface area contributed by atoms with E-state index in [4.69, 9.17) is 0 Å². The Kier molecular flexibility index (Phi) is 3.77. The number of aromatic nitrogens is 2. The summed E-state index contributed by atoms with van der Waals surface area (Å²) in [7, 11) is 0. The van der Waals surface area contributed by atoms with E-state index in [9.17, 15) is 4.79 Å². The van der Waals surface area contributed by atoms with Gasteiger partial charge in [0.1, 0.15) is 0 Å². The molecule has 0 spiro atoms. The van der Waals surface area contributed by atoms with Crippen LogP contribution in [0.2, 0.25) is 0 Å². The smallest absolute Gasteiger partial charge is 0.227 e. The Morgan fingerprint density at radius 3 is 2.56 bits per heavy atom. The van der Waals surface area contributed by atoms with Gasteiger partial charge in [0, 0.05) is 11.8 Å². The third-order valence-corrected chi connectivity index (χ3v) is 3.07. The van der Waals surface area contributed by atoms with Gasteiger partial charge in [0.25, 0.3) is 0 Å². The van der Waals surface area contributed by atoms with Crippen molar-refractivity contribution in [2.24, 2.45) is 0 Å². The molecule has 1 aromatic heterocycles. The predicted molar refractivity (Wildman–Crippen MR) is 70.0 cm³/mol. The van der Waals surface area contributed by atoms with E-state index in [1.165, 1.54) is 0 Å². The summed E-state index contributed by atoms with van der Waals surface area (Å²) in [6.45, 7) is 3.85. The van der Waals surface area contributed by atoms with Gasteiger partial charge < -0.3 is 5.32 Å². The van der Waals surface area contributed by atoms with Crippen LogP contribution < -0.4 is 5.32 Å². The van der Waals surface area contributed by atoms with Gasteiger partial charge in [-0.05, 0) is 19.4 Å². The van der Waals surface area contributed by atoms with Crippen LogP contribution in [-0.2, 0) is 4.79 Å². The van der Waals surface area contributed by atoms with Gasteiger partial charge in [-0.1, -0.05) is 30.3 Å². The van der Waals surface area contributed by atoms with E-state index >= 15 is 0 Å². The molecule has 1 aromatic carbocycles. The minimum atomic E-state index is -0.152. The topological polar surface area (TPSA) is 57.8 Å². The second-order valence-electron chi connectivity index (χ2n) is 4.39. The maximum absolute atomic E-state index is 12.1. The Labute approximate surface area is 106 Å². The van der Waals surface area contributed by atoms with Crippen LogP contribution in [-0.4, -0.2) is 16.1 Å². The zero-order chi connectivity index (χ0) is 13.0. The summed E-state index contributed by atoms with van der Waals surface area (Å²) in [5.74, 6) is -0.129. The molecule has 18 heavy (non-hydrogen) atoms. The number of rotatable bonds is 4. The maximum atomic E-state index is 12.1. The first kappa shape index (κ1) is 12.4. The molecule has 0 fully saturated rings. The highest BCUT2D eigenvalue weighted by molar-refractivity contribution is 5.83. The van der Waals surface area contributed by atoms with E-state index in [2.05, 4.69) is 15.5 Å². The number of carbonyl (C=O) groups excluding carboxylic acids is 1. The Bertz CT molecular complexity index is 493. The number of benzene rings is 1. The summed E-state index contributed by atoms with van der Waals surface area (Å²) in [5, 5.41) is 9.60. The first-order valence-corrected chi connectivity index (χ1v) is 6.02. The molecule has 1 heterocycles. The van der Waals surface area contributed by atoms with Gasteiger partial charge >= 0.3 is 0 Å². The molecule has 0 aliphatic rings. The predicted octanol–water partition coefficient (Wildman–Crippen LogP) is 2.39. The molecule has 2 N–H and O–H groups in total. The summed E-state index contributed by atoms with van der Waals surface area (Å²) in [6, 6.07) is 9.72. The van der Waals surface area contributed by atoms with Gasteiger partial charge in [-0.2, -0.15) is 5.10 Å².